The Balaban J connectivity index is 0.000000306. The van der Waals surface area contributed by atoms with E-state index in [0.29, 0.717) is 11.2 Å². The first kappa shape index (κ1) is 19.8. The summed E-state index contributed by atoms with van der Waals surface area (Å²) in [4.78, 5) is 38.7. The fourth-order valence-electron chi connectivity index (χ4n) is 1.11. The van der Waals surface area contributed by atoms with E-state index >= 15 is 0 Å². The average molecular weight is 334 g/mol. The third kappa shape index (κ3) is 11.6. The summed E-state index contributed by atoms with van der Waals surface area (Å²) in [5, 5.41) is 0. The van der Waals surface area contributed by atoms with Crippen LogP contribution < -0.4 is 0 Å². The molecule has 0 bridgehead atoms. The molecule has 0 unspecified atom stereocenters. The Kier molecular flexibility index (Phi) is 13.7. The quantitative estimate of drug-likeness (QED) is 0.471. The van der Waals surface area contributed by atoms with Crippen molar-refractivity contribution in [3.8, 4) is 0 Å². The lowest BCUT2D eigenvalue weighted by molar-refractivity contribution is 0.111. The number of benzene rings is 2. The van der Waals surface area contributed by atoms with Gasteiger partial charge < -0.3 is 0 Å². The Morgan fingerprint density at radius 2 is 0.864 bits per heavy atom. The molecule has 0 atom stereocenters. The number of hydrogen-bond acceptors (Lipinski definition) is 6. The molecule has 0 heterocycles. The fourth-order valence-corrected chi connectivity index (χ4v) is 1.47. The van der Waals surface area contributed by atoms with Gasteiger partial charge in [-0.25, -0.2) is 0 Å². The van der Waals surface area contributed by atoms with Crippen LogP contribution in [0, 0.1) is 0 Å². The Morgan fingerprint density at radius 3 is 1.05 bits per heavy atom. The van der Waals surface area contributed by atoms with E-state index in [1.165, 1.54) is 0 Å². The number of rotatable bonds is 5. The van der Waals surface area contributed by atoms with Gasteiger partial charge in [-0.15, -0.1) is 0 Å². The predicted molar refractivity (Wildman–Crippen MR) is 92.3 cm³/mol. The van der Waals surface area contributed by atoms with Crippen LogP contribution >= 0.6 is 21.6 Å². The van der Waals surface area contributed by atoms with Crippen molar-refractivity contribution in [1.82, 2.24) is 0 Å². The zero-order valence-corrected chi connectivity index (χ0v) is 13.2. The Morgan fingerprint density at radius 1 is 0.545 bits per heavy atom. The first-order chi connectivity index (χ1) is 10.8. The van der Waals surface area contributed by atoms with Crippen LogP contribution in [0.1, 0.15) is 20.7 Å². The maximum absolute atomic E-state index is 10.0. The van der Waals surface area contributed by atoms with Crippen LogP contribution in [0.2, 0.25) is 0 Å². The third-order valence-electron chi connectivity index (χ3n) is 2.01. The minimum absolute atomic E-state index is 0.610. The summed E-state index contributed by atoms with van der Waals surface area (Å²) in [6.07, 6.45) is 1.67. The highest BCUT2D eigenvalue weighted by Crippen LogP contribution is 2.11. The standard InChI is InChI=1S/2C7H6O.C2H2O2S2/c2*8-6-7-4-2-1-3-5-7;3-1-5-6-2-4/h2*1-6H;1-2H. The number of hydrogen-bond donors (Lipinski definition) is 0. The van der Waals surface area contributed by atoms with E-state index in [0.717, 1.165) is 45.3 Å². The molecule has 0 saturated heterocycles. The lowest BCUT2D eigenvalue weighted by atomic mass is 10.2. The normalized spacial score (nSPS) is 8.18. The molecule has 0 radical (unpaired) electrons. The molecule has 114 valence electrons. The van der Waals surface area contributed by atoms with Crippen LogP contribution in [-0.2, 0) is 9.59 Å². The van der Waals surface area contributed by atoms with Crippen molar-refractivity contribution in [2.75, 3.05) is 0 Å². The Hall–Kier alpha value is -2.18. The summed E-state index contributed by atoms with van der Waals surface area (Å²) in [6.45, 7) is 0. The van der Waals surface area contributed by atoms with Crippen molar-refractivity contribution < 1.29 is 19.2 Å². The van der Waals surface area contributed by atoms with E-state index in [-0.39, 0.29) is 0 Å². The second-order valence-electron chi connectivity index (χ2n) is 3.44. The van der Waals surface area contributed by atoms with Gasteiger partial charge in [-0.05, 0) is 21.6 Å². The molecule has 4 nitrogen and oxygen atoms in total. The minimum Gasteiger partial charge on any atom is -0.298 e. The molecule has 2 aromatic rings. The van der Waals surface area contributed by atoms with Gasteiger partial charge in [0.05, 0.1) is 0 Å². The van der Waals surface area contributed by atoms with Crippen LogP contribution in [0.15, 0.2) is 60.7 Å². The summed E-state index contributed by atoms with van der Waals surface area (Å²) in [5.74, 6) is 0. The molecule has 0 aliphatic heterocycles. The van der Waals surface area contributed by atoms with Crippen LogP contribution in [0.4, 0.5) is 0 Å². The summed E-state index contributed by atoms with van der Waals surface area (Å²) in [6, 6.07) is 18.2. The molecule has 2 aromatic carbocycles. The van der Waals surface area contributed by atoms with Gasteiger partial charge in [-0.3, -0.25) is 19.2 Å². The van der Waals surface area contributed by atoms with Crippen LogP contribution in [0.25, 0.3) is 0 Å². The SMILES string of the molecule is O=CSSC=O.O=Cc1ccccc1.O=Cc1ccccc1. The van der Waals surface area contributed by atoms with Crippen molar-refractivity contribution in [1.29, 1.82) is 0 Å². The molecule has 0 spiro atoms. The average Bonchev–Trinajstić information content (AvgIpc) is 2.62. The van der Waals surface area contributed by atoms with Crippen LogP contribution in [-0.4, -0.2) is 23.8 Å². The van der Waals surface area contributed by atoms with E-state index in [4.69, 9.17) is 0 Å². The highest BCUT2D eigenvalue weighted by Gasteiger charge is 1.80. The highest BCUT2D eigenvalue weighted by atomic mass is 33.1. The summed E-state index contributed by atoms with van der Waals surface area (Å²) >= 11 is 0. The molecule has 0 aromatic heterocycles. The van der Waals surface area contributed by atoms with Crippen molar-refractivity contribution in [2.45, 2.75) is 0 Å². The summed E-state index contributed by atoms with van der Waals surface area (Å²) in [5.41, 5.74) is 2.68. The van der Waals surface area contributed by atoms with Crippen molar-refractivity contribution in [3.05, 3.63) is 71.8 Å². The van der Waals surface area contributed by atoms with Gasteiger partial charge in [0.2, 0.25) is 0 Å². The first-order valence-electron chi connectivity index (χ1n) is 5.98. The van der Waals surface area contributed by atoms with Crippen molar-refractivity contribution >= 4 is 45.4 Å². The van der Waals surface area contributed by atoms with Gasteiger partial charge in [0.15, 0.2) is 11.2 Å². The number of carbonyl (C=O) groups is 4. The second kappa shape index (κ2) is 15.2. The largest absolute Gasteiger partial charge is 0.298 e. The highest BCUT2D eigenvalue weighted by molar-refractivity contribution is 8.86. The summed E-state index contributed by atoms with van der Waals surface area (Å²) in [7, 11) is 1.75. The molecular weight excluding hydrogens is 320 g/mol. The maximum atomic E-state index is 10.0. The van der Waals surface area contributed by atoms with E-state index in [9.17, 15) is 19.2 Å². The third-order valence-corrected chi connectivity index (χ3v) is 3.08. The van der Waals surface area contributed by atoms with Gasteiger partial charge in [0.25, 0.3) is 0 Å². The Bertz CT molecular complexity index is 493. The van der Waals surface area contributed by atoms with Gasteiger partial charge >= 0.3 is 0 Å². The van der Waals surface area contributed by atoms with E-state index < -0.39 is 0 Å². The lowest BCUT2D eigenvalue weighted by Crippen LogP contribution is -1.73. The molecule has 0 amide bonds. The van der Waals surface area contributed by atoms with E-state index in [1.807, 2.05) is 36.4 Å². The first-order valence-corrected chi connectivity index (χ1v) is 8.26. The second-order valence-corrected chi connectivity index (χ2v) is 5.37. The van der Waals surface area contributed by atoms with Crippen LogP contribution in [0.5, 0.6) is 0 Å². The molecule has 0 saturated carbocycles. The molecule has 0 aliphatic rings. The zero-order chi connectivity index (χ0) is 16.5. The minimum atomic E-state index is 0.610. The van der Waals surface area contributed by atoms with Gasteiger partial charge in [0.1, 0.15) is 12.6 Å². The van der Waals surface area contributed by atoms with E-state index in [1.54, 1.807) is 24.3 Å². The maximum Gasteiger partial charge on any atom is 0.187 e. The lowest BCUT2D eigenvalue weighted by Gasteiger charge is -1.81. The number of carbonyl (C=O) groups excluding carboxylic acids is 4. The molecule has 0 N–H and O–H groups in total. The molecule has 2 rings (SSSR count). The number of aldehydes is 2. The molecular formula is C16H14O4S2. The monoisotopic (exact) mass is 334 g/mol. The smallest absolute Gasteiger partial charge is 0.187 e. The zero-order valence-electron chi connectivity index (χ0n) is 11.5. The fraction of sp³-hybridized carbons (Fsp3) is 0. The predicted octanol–water partition coefficient (Wildman–Crippen LogP) is 3.75. The molecule has 22 heavy (non-hydrogen) atoms. The van der Waals surface area contributed by atoms with Crippen molar-refractivity contribution in [2.24, 2.45) is 0 Å². The van der Waals surface area contributed by atoms with Gasteiger partial charge in [-0.1, -0.05) is 60.7 Å². The molecule has 6 heteroatoms. The van der Waals surface area contributed by atoms with Gasteiger partial charge in [0, 0.05) is 11.1 Å². The molecule has 0 aliphatic carbocycles. The van der Waals surface area contributed by atoms with Crippen molar-refractivity contribution in [3.63, 3.8) is 0 Å². The molecule has 0 fully saturated rings. The Labute approximate surface area is 136 Å². The topological polar surface area (TPSA) is 68.3 Å². The van der Waals surface area contributed by atoms with E-state index in [2.05, 4.69) is 0 Å². The van der Waals surface area contributed by atoms with Gasteiger partial charge in [-0.2, -0.15) is 0 Å². The summed E-state index contributed by atoms with van der Waals surface area (Å²) < 4.78 is 0. The van der Waals surface area contributed by atoms with Crippen LogP contribution in [0.3, 0.4) is 0 Å².